The van der Waals surface area contributed by atoms with Crippen LogP contribution in [0.3, 0.4) is 0 Å². The minimum atomic E-state index is -0.140. The lowest BCUT2D eigenvalue weighted by molar-refractivity contribution is 0.412. The summed E-state index contributed by atoms with van der Waals surface area (Å²) in [5, 5.41) is 6.99. The van der Waals surface area contributed by atoms with Crippen molar-refractivity contribution in [1.29, 1.82) is 0 Å². The van der Waals surface area contributed by atoms with Gasteiger partial charge in [-0.15, -0.1) is 0 Å². The Bertz CT molecular complexity index is 640. The molecule has 0 radical (unpaired) electrons. The number of aromatic nitrogens is 2. The molecule has 1 heterocycles. The molecule has 0 fully saturated rings. The van der Waals surface area contributed by atoms with Crippen LogP contribution < -0.4 is 15.6 Å². The highest BCUT2D eigenvalue weighted by Gasteiger charge is 2.04. The highest BCUT2D eigenvalue weighted by molar-refractivity contribution is 9.10. The van der Waals surface area contributed by atoms with E-state index >= 15 is 0 Å². The van der Waals surface area contributed by atoms with Crippen LogP contribution in [0.4, 0.5) is 5.69 Å². The zero-order valence-electron chi connectivity index (χ0n) is 10.7. The summed E-state index contributed by atoms with van der Waals surface area (Å²) in [6.07, 6.45) is 1.62. The van der Waals surface area contributed by atoms with Crippen LogP contribution in [0.25, 0.3) is 0 Å². The number of nitrogens with one attached hydrogen (secondary N) is 1. The normalized spacial score (nSPS) is 10.3. The summed E-state index contributed by atoms with van der Waals surface area (Å²) >= 11 is 3.42. The van der Waals surface area contributed by atoms with E-state index in [0.717, 1.165) is 15.8 Å². The van der Waals surface area contributed by atoms with Gasteiger partial charge in [-0.05, 0) is 33.6 Å². The Morgan fingerprint density at radius 1 is 1.42 bits per heavy atom. The summed E-state index contributed by atoms with van der Waals surface area (Å²) in [4.78, 5) is 11.8. The lowest BCUT2D eigenvalue weighted by atomic mass is 10.2. The molecule has 0 saturated heterocycles. The van der Waals surface area contributed by atoms with E-state index in [9.17, 15) is 4.79 Å². The van der Waals surface area contributed by atoms with Gasteiger partial charge in [0.15, 0.2) is 0 Å². The summed E-state index contributed by atoms with van der Waals surface area (Å²) < 4.78 is 7.43. The number of hydrogen-bond donors (Lipinski definition) is 1. The Labute approximate surface area is 119 Å². The maximum atomic E-state index is 11.8. The molecule has 0 atom stereocenters. The van der Waals surface area contributed by atoms with Crippen LogP contribution in [0, 0.1) is 0 Å². The number of halogens is 1. The summed E-state index contributed by atoms with van der Waals surface area (Å²) in [5.41, 5.74) is 1.54. The molecule has 19 heavy (non-hydrogen) atoms. The van der Waals surface area contributed by atoms with Crippen molar-refractivity contribution in [3.63, 3.8) is 0 Å². The van der Waals surface area contributed by atoms with Crippen molar-refractivity contribution in [3.8, 4) is 5.75 Å². The molecule has 0 aliphatic rings. The molecule has 0 bridgehead atoms. The van der Waals surface area contributed by atoms with Gasteiger partial charge in [0.1, 0.15) is 5.75 Å². The van der Waals surface area contributed by atoms with Crippen molar-refractivity contribution in [2.45, 2.75) is 6.54 Å². The lowest BCUT2D eigenvalue weighted by Crippen LogP contribution is -2.22. The summed E-state index contributed by atoms with van der Waals surface area (Å²) in [5.74, 6) is 0.759. The van der Waals surface area contributed by atoms with Crippen molar-refractivity contribution in [3.05, 3.63) is 50.9 Å². The second-order valence-corrected chi connectivity index (χ2v) is 4.81. The van der Waals surface area contributed by atoms with Crippen LogP contribution in [0.15, 0.2) is 39.7 Å². The van der Waals surface area contributed by atoms with Crippen molar-refractivity contribution < 1.29 is 4.74 Å². The first-order valence-corrected chi connectivity index (χ1v) is 6.50. The highest BCUT2D eigenvalue weighted by atomic mass is 79.9. The fraction of sp³-hybridized carbons (Fsp3) is 0.231. The molecule has 2 rings (SSSR count). The average Bonchev–Trinajstić information content (AvgIpc) is 2.41. The quantitative estimate of drug-likeness (QED) is 0.936. The van der Waals surface area contributed by atoms with Crippen LogP contribution in [-0.2, 0) is 6.54 Å². The Kier molecular flexibility index (Phi) is 4.21. The molecule has 0 spiro atoms. The number of nitrogens with zero attached hydrogens (tertiary/aromatic N) is 2. The van der Waals surface area contributed by atoms with Gasteiger partial charge in [-0.2, -0.15) is 5.10 Å². The molecule has 0 aliphatic heterocycles. The maximum absolute atomic E-state index is 11.8. The number of hydrogen-bond acceptors (Lipinski definition) is 4. The van der Waals surface area contributed by atoms with Crippen LogP contribution >= 0.6 is 15.9 Å². The van der Waals surface area contributed by atoms with Crippen LogP contribution in [0.1, 0.15) is 5.56 Å². The van der Waals surface area contributed by atoms with Crippen molar-refractivity contribution in [2.75, 3.05) is 19.5 Å². The maximum Gasteiger partial charge on any atom is 0.269 e. The highest BCUT2D eigenvalue weighted by Crippen LogP contribution is 2.25. The standard InChI is InChI=1S/C13H14BrN3O2/c1-15-10-6-13(18)17(16-7-10)8-9-3-4-12(19-2)11(14)5-9/h3-7,15H,8H2,1-2H3. The van der Waals surface area contributed by atoms with E-state index in [4.69, 9.17) is 4.74 Å². The Balaban J connectivity index is 2.26. The van der Waals surface area contributed by atoms with Crippen LogP contribution in [0.5, 0.6) is 5.75 Å². The van der Waals surface area contributed by atoms with Crippen molar-refractivity contribution in [1.82, 2.24) is 9.78 Å². The fourth-order valence-electron chi connectivity index (χ4n) is 1.67. The van der Waals surface area contributed by atoms with Gasteiger partial charge in [0.25, 0.3) is 5.56 Å². The molecule has 1 aromatic carbocycles. The number of rotatable bonds is 4. The first kappa shape index (κ1) is 13.6. The van der Waals surface area contributed by atoms with Gasteiger partial charge in [-0.1, -0.05) is 6.07 Å². The minimum Gasteiger partial charge on any atom is -0.496 e. The second-order valence-electron chi connectivity index (χ2n) is 3.96. The predicted molar refractivity (Wildman–Crippen MR) is 77.8 cm³/mol. The van der Waals surface area contributed by atoms with Crippen LogP contribution in [-0.4, -0.2) is 23.9 Å². The smallest absolute Gasteiger partial charge is 0.269 e. The van der Waals surface area contributed by atoms with Gasteiger partial charge in [-0.25, -0.2) is 4.68 Å². The average molecular weight is 324 g/mol. The van der Waals surface area contributed by atoms with Gasteiger partial charge in [0, 0.05) is 13.1 Å². The van der Waals surface area contributed by atoms with Gasteiger partial charge in [0.2, 0.25) is 0 Å². The number of methoxy groups -OCH3 is 1. The molecule has 0 saturated carbocycles. The molecule has 2 aromatic rings. The van der Waals surface area contributed by atoms with Crippen LogP contribution in [0.2, 0.25) is 0 Å². The zero-order valence-corrected chi connectivity index (χ0v) is 12.3. The molecular formula is C13H14BrN3O2. The van der Waals surface area contributed by atoms with Gasteiger partial charge in [0.05, 0.1) is 30.0 Å². The predicted octanol–water partition coefficient (Wildman–Crippen LogP) is 2.10. The molecule has 0 amide bonds. The molecule has 1 aromatic heterocycles. The molecule has 0 unspecified atom stereocenters. The van der Waals surface area contributed by atoms with E-state index in [1.165, 1.54) is 10.7 Å². The van der Waals surface area contributed by atoms with E-state index in [-0.39, 0.29) is 5.56 Å². The largest absolute Gasteiger partial charge is 0.496 e. The number of anilines is 1. The second kappa shape index (κ2) is 5.88. The molecular weight excluding hydrogens is 310 g/mol. The zero-order chi connectivity index (χ0) is 13.8. The summed E-state index contributed by atoms with van der Waals surface area (Å²) in [7, 11) is 3.36. The van der Waals surface area contributed by atoms with Gasteiger partial charge in [-0.3, -0.25) is 4.79 Å². The SMILES string of the molecule is CNc1cnn(Cc2ccc(OC)c(Br)c2)c(=O)c1. The molecule has 100 valence electrons. The van der Waals surface area contributed by atoms with E-state index in [2.05, 4.69) is 26.3 Å². The van der Waals surface area contributed by atoms with Crippen molar-refractivity contribution in [2.24, 2.45) is 0 Å². The van der Waals surface area contributed by atoms with Crippen molar-refractivity contribution >= 4 is 21.6 Å². The first-order valence-electron chi connectivity index (χ1n) is 5.71. The molecule has 0 aliphatic carbocycles. The Hall–Kier alpha value is -1.82. The van der Waals surface area contributed by atoms with E-state index in [1.807, 2.05) is 18.2 Å². The monoisotopic (exact) mass is 323 g/mol. The molecule has 5 nitrogen and oxygen atoms in total. The Morgan fingerprint density at radius 3 is 2.79 bits per heavy atom. The summed E-state index contributed by atoms with van der Waals surface area (Å²) in [6.45, 7) is 0.422. The minimum absolute atomic E-state index is 0.140. The fourth-order valence-corrected chi connectivity index (χ4v) is 2.26. The van der Waals surface area contributed by atoms with Gasteiger partial charge < -0.3 is 10.1 Å². The van der Waals surface area contributed by atoms with E-state index in [1.54, 1.807) is 20.4 Å². The third kappa shape index (κ3) is 3.14. The van der Waals surface area contributed by atoms with Gasteiger partial charge >= 0.3 is 0 Å². The Morgan fingerprint density at radius 2 is 2.21 bits per heavy atom. The third-order valence-electron chi connectivity index (χ3n) is 2.71. The topological polar surface area (TPSA) is 56.1 Å². The number of ether oxygens (including phenoxy) is 1. The summed E-state index contributed by atoms with van der Waals surface area (Å²) in [6, 6.07) is 7.20. The number of benzene rings is 1. The lowest BCUT2D eigenvalue weighted by Gasteiger charge is -2.08. The molecule has 1 N–H and O–H groups in total. The third-order valence-corrected chi connectivity index (χ3v) is 3.33. The molecule has 6 heteroatoms. The first-order chi connectivity index (χ1) is 9.13. The van der Waals surface area contributed by atoms with E-state index < -0.39 is 0 Å². The van der Waals surface area contributed by atoms with E-state index in [0.29, 0.717) is 12.2 Å².